The molecule has 21 heavy (non-hydrogen) atoms. The van der Waals surface area contributed by atoms with Crippen LogP contribution in [0.25, 0.3) is 0 Å². The van der Waals surface area contributed by atoms with Crippen LogP contribution in [0, 0.1) is 11.8 Å². The average Bonchev–Trinajstić information content (AvgIpc) is 3.04. The van der Waals surface area contributed by atoms with E-state index in [0.717, 1.165) is 23.7 Å². The van der Waals surface area contributed by atoms with Crippen LogP contribution in [0.4, 0.5) is 0 Å². The van der Waals surface area contributed by atoms with Crippen LogP contribution in [-0.4, -0.2) is 66.9 Å². The highest BCUT2D eigenvalue weighted by atomic mass is 32.2. The molecule has 0 bridgehead atoms. The number of hydrogen-bond donors (Lipinski definition) is 1. The van der Waals surface area contributed by atoms with E-state index >= 15 is 0 Å². The number of thioether (sulfide) groups is 1. The second kappa shape index (κ2) is 7.63. The molecule has 0 spiro atoms. The van der Waals surface area contributed by atoms with E-state index in [1.54, 1.807) is 23.1 Å². The summed E-state index contributed by atoms with van der Waals surface area (Å²) in [6.45, 7) is 4.60. The SMILES string of the molecule is CCSc1ccc(C(=O)N2C[C@@H](CN(C)C)[C@@H](CO)C2)s1. The molecule has 6 heteroatoms. The second-order valence-electron chi connectivity index (χ2n) is 5.73. The lowest BCUT2D eigenvalue weighted by atomic mass is 9.97. The number of aliphatic hydroxyl groups is 1. The van der Waals surface area contributed by atoms with Crippen LogP contribution in [-0.2, 0) is 0 Å². The minimum Gasteiger partial charge on any atom is -0.396 e. The van der Waals surface area contributed by atoms with E-state index in [1.807, 2.05) is 31.1 Å². The van der Waals surface area contributed by atoms with Crippen molar-refractivity contribution in [2.24, 2.45) is 11.8 Å². The molecular formula is C15H24N2O2S2. The van der Waals surface area contributed by atoms with Crippen LogP contribution in [0.15, 0.2) is 16.3 Å². The van der Waals surface area contributed by atoms with Gasteiger partial charge in [-0.3, -0.25) is 4.79 Å². The van der Waals surface area contributed by atoms with Gasteiger partial charge in [0, 0.05) is 32.2 Å². The summed E-state index contributed by atoms with van der Waals surface area (Å²) >= 11 is 3.35. The molecule has 2 atom stereocenters. The molecule has 2 rings (SSSR count). The van der Waals surface area contributed by atoms with Gasteiger partial charge in [0.1, 0.15) is 0 Å². The predicted molar refractivity (Wildman–Crippen MR) is 89.2 cm³/mol. The number of thiophene rings is 1. The number of carbonyl (C=O) groups is 1. The molecule has 1 amide bonds. The number of nitrogens with zero attached hydrogens (tertiary/aromatic N) is 2. The maximum atomic E-state index is 12.6. The summed E-state index contributed by atoms with van der Waals surface area (Å²) in [6, 6.07) is 3.96. The van der Waals surface area contributed by atoms with Gasteiger partial charge in [-0.2, -0.15) is 0 Å². The molecule has 1 aliphatic rings. The van der Waals surface area contributed by atoms with E-state index in [0.29, 0.717) is 12.5 Å². The van der Waals surface area contributed by atoms with Crippen molar-refractivity contribution in [3.8, 4) is 0 Å². The summed E-state index contributed by atoms with van der Waals surface area (Å²) in [7, 11) is 4.07. The minimum absolute atomic E-state index is 0.114. The van der Waals surface area contributed by atoms with Gasteiger partial charge in [-0.25, -0.2) is 0 Å². The number of rotatable bonds is 6. The van der Waals surface area contributed by atoms with Crippen LogP contribution < -0.4 is 0 Å². The number of hydrogen-bond acceptors (Lipinski definition) is 5. The summed E-state index contributed by atoms with van der Waals surface area (Å²) in [5, 5.41) is 9.54. The zero-order chi connectivity index (χ0) is 15.4. The van der Waals surface area contributed by atoms with Crippen LogP contribution in [0.2, 0.25) is 0 Å². The maximum absolute atomic E-state index is 12.6. The molecule has 4 nitrogen and oxygen atoms in total. The Kier molecular flexibility index (Phi) is 6.10. The van der Waals surface area contributed by atoms with Gasteiger partial charge < -0.3 is 14.9 Å². The Morgan fingerprint density at radius 3 is 2.76 bits per heavy atom. The van der Waals surface area contributed by atoms with Crippen molar-refractivity contribution >= 4 is 29.0 Å². The molecule has 1 N–H and O–H groups in total. The Bertz CT molecular complexity index is 476. The van der Waals surface area contributed by atoms with E-state index in [9.17, 15) is 9.90 Å². The van der Waals surface area contributed by atoms with E-state index in [1.165, 1.54) is 4.21 Å². The fourth-order valence-corrected chi connectivity index (χ4v) is 4.81. The van der Waals surface area contributed by atoms with Gasteiger partial charge in [-0.1, -0.05) is 6.92 Å². The fourth-order valence-electron chi connectivity index (χ4n) is 2.80. The fraction of sp³-hybridized carbons (Fsp3) is 0.667. The number of amides is 1. The quantitative estimate of drug-likeness (QED) is 0.812. The first-order valence-corrected chi connectivity index (χ1v) is 9.12. The number of likely N-dealkylation sites (tertiary alicyclic amines) is 1. The Morgan fingerprint density at radius 1 is 1.43 bits per heavy atom. The topological polar surface area (TPSA) is 43.8 Å². The Labute approximate surface area is 135 Å². The van der Waals surface area contributed by atoms with E-state index in [2.05, 4.69) is 11.8 Å². The third kappa shape index (κ3) is 4.22. The van der Waals surface area contributed by atoms with Crippen LogP contribution >= 0.6 is 23.1 Å². The van der Waals surface area contributed by atoms with Gasteiger partial charge in [0.2, 0.25) is 0 Å². The third-order valence-corrected chi connectivity index (χ3v) is 5.96. The molecule has 0 radical (unpaired) electrons. The zero-order valence-corrected chi connectivity index (χ0v) is 14.5. The summed E-state index contributed by atoms with van der Waals surface area (Å²) in [4.78, 5) is 17.4. The predicted octanol–water partition coefficient (Wildman–Crippen LogP) is 2.10. The normalized spacial score (nSPS) is 22.2. The molecular weight excluding hydrogens is 304 g/mol. The Hall–Kier alpha value is -0.560. The van der Waals surface area contributed by atoms with E-state index in [-0.39, 0.29) is 18.4 Å². The molecule has 0 aliphatic carbocycles. The average molecular weight is 329 g/mol. The van der Waals surface area contributed by atoms with E-state index in [4.69, 9.17) is 0 Å². The number of aliphatic hydroxyl groups excluding tert-OH is 1. The monoisotopic (exact) mass is 328 g/mol. The summed E-state index contributed by atoms with van der Waals surface area (Å²) < 4.78 is 1.20. The molecule has 1 saturated heterocycles. The van der Waals surface area contributed by atoms with Gasteiger partial charge in [0.25, 0.3) is 5.91 Å². The molecule has 1 fully saturated rings. The molecule has 0 saturated carbocycles. The van der Waals surface area contributed by atoms with Gasteiger partial charge in [-0.15, -0.1) is 23.1 Å². The first kappa shape index (κ1) is 16.8. The van der Waals surface area contributed by atoms with Crippen molar-refractivity contribution in [1.82, 2.24) is 9.80 Å². The first-order valence-electron chi connectivity index (χ1n) is 7.32. The highest BCUT2D eigenvalue weighted by Crippen LogP contribution is 2.30. The molecule has 0 aromatic carbocycles. The van der Waals surface area contributed by atoms with Gasteiger partial charge >= 0.3 is 0 Å². The summed E-state index contributed by atoms with van der Waals surface area (Å²) in [5.74, 6) is 1.69. The molecule has 118 valence electrons. The third-order valence-electron chi connectivity index (χ3n) is 3.78. The van der Waals surface area contributed by atoms with Crippen molar-refractivity contribution in [2.75, 3.05) is 46.1 Å². The lowest BCUT2D eigenvalue weighted by Crippen LogP contribution is -2.30. The molecule has 1 aromatic heterocycles. The first-order chi connectivity index (χ1) is 10.0. The van der Waals surface area contributed by atoms with Crippen LogP contribution in [0.3, 0.4) is 0 Å². The van der Waals surface area contributed by atoms with E-state index < -0.39 is 0 Å². The van der Waals surface area contributed by atoms with Crippen molar-refractivity contribution in [3.63, 3.8) is 0 Å². The lowest BCUT2D eigenvalue weighted by molar-refractivity contribution is 0.0784. The van der Waals surface area contributed by atoms with Gasteiger partial charge in [0.05, 0.1) is 9.09 Å². The standard InChI is InChI=1S/C15H24N2O2S2/c1-4-20-14-6-5-13(21-14)15(19)17-8-11(7-16(2)3)12(9-17)10-18/h5-6,11-12,18H,4,7-10H2,1-3H3/t11-,12-/m1/s1. The second-order valence-corrected chi connectivity index (χ2v) is 8.37. The van der Waals surface area contributed by atoms with Crippen LogP contribution in [0.5, 0.6) is 0 Å². The maximum Gasteiger partial charge on any atom is 0.263 e. The Balaban J connectivity index is 2.02. The van der Waals surface area contributed by atoms with Gasteiger partial charge in [-0.05, 0) is 37.9 Å². The largest absolute Gasteiger partial charge is 0.396 e. The highest BCUT2D eigenvalue weighted by Gasteiger charge is 2.35. The van der Waals surface area contributed by atoms with Crippen molar-refractivity contribution in [1.29, 1.82) is 0 Å². The minimum atomic E-state index is 0.114. The van der Waals surface area contributed by atoms with Crippen molar-refractivity contribution in [3.05, 3.63) is 17.0 Å². The zero-order valence-electron chi connectivity index (χ0n) is 12.9. The van der Waals surface area contributed by atoms with Crippen LogP contribution in [0.1, 0.15) is 16.6 Å². The summed E-state index contributed by atoms with van der Waals surface area (Å²) in [5.41, 5.74) is 0. The summed E-state index contributed by atoms with van der Waals surface area (Å²) in [6.07, 6.45) is 0. The van der Waals surface area contributed by atoms with Gasteiger partial charge in [0.15, 0.2) is 0 Å². The van der Waals surface area contributed by atoms with Crippen molar-refractivity contribution in [2.45, 2.75) is 11.1 Å². The lowest BCUT2D eigenvalue weighted by Gasteiger charge is -2.20. The Morgan fingerprint density at radius 2 is 2.14 bits per heavy atom. The molecule has 1 aliphatic heterocycles. The molecule has 1 aromatic rings. The van der Waals surface area contributed by atoms with Crippen molar-refractivity contribution < 1.29 is 9.90 Å². The number of carbonyl (C=O) groups excluding carboxylic acids is 1. The highest BCUT2D eigenvalue weighted by molar-refractivity contribution is 8.01. The molecule has 2 heterocycles. The smallest absolute Gasteiger partial charge is 0.263 e. The molecule has 0 unspecified atom stereocenters.